The Morgan fingerprint density at radius 1 is 1.17 bits per heavy atom. The molecular weight excluding hydrogens is 368 g/mol. The van der Waals surface area contributed by atoms with Crippen LogP contribution in [0.25, 0.3) is 21.9 Å². The number of fused-ring (bicyclic) bond motifs is 1. The lowest BCUT2D eigenvalue weighted by Gasteiger charge is -2.18. The van der Waals surface area contributed by atoms with E-state index in [1.165, 1.54) is 0 Å². The van der Waals surface area contributed by atoms with Gasteiger partial charge in [-0.25, -0.2) is 4.98 Å². The largest absolute Gasteiger partial charge is 0.497 e. The van der Waals surface area contributed by atoms with Gasteiger partial charge in [0.1, 0.15) is 24.5 Å². The molecule has 148 valence electrons. The van der Waals surface area contributed by atoms with E-state index in [0.717, 1.165) is 21.9 Å². The smallest absolute Gasteiger partial charge is 0.222 e. The van der Waals surface area contributed by atoms with Gasteiger partial charge in [0.25, 0.3) is 0 Å². The third kappa shape index (κ3) is 3.88. The second-order valence-electron chi connectivity index (χ2n) is 7.29. The Labute approximate surface area is 169 Å². The summed E-state index contributed by atoms with van der Waals surface area (Å²) >= 11 is 0. The number of ether oxygens (including phenoxy) is 4. The molecule has 0 radical (unpaired) electrons. The van der Waals surface area contributed by atoms with Crippen LogP contribution in [-0.4, -0.2) is 37.2 Å². The van der Waals surface area contributed by atoms with Crippen molar-refractivity contribution in [2.75, 3.05) is 20.3 Å². The van der Waals surface area contributed by atoms with Crippen molar-refractivity contribution in [3.8, 4) is 28.8 Å². The monoisotopic (exact) mass is 390 g/mol. The molecule has 1 fully saturated rings. The summed E-state index contributed by atoms with van der Waals surface area (Å²) < 4.78 is 22.8. The molecule has 0 bridgehead atoms. The van der Waals surface area contributed by atoms with Gasteiger partial charge in [-0.2, -0.15) is 5.26 Å². The fourth-order valence-electron chi connectivity index (χ4n) is 3.49. The maximum absolute atomic E-state index is 9.79. The van der Waals surface area contributed by atoms with Gasteiger partial charge in [-0.1, -0.05) is 30.3 Å². The molecule has 1 aliphatic heterocycles. The molecule has 1 atom stereocenters. The molecule has 0 saturated carbocycles. The lowest BCUT2D eigenvalue weighted by molar-refractivity contribution is -0.141. The van der Waals surface area contributed by atoms with E-state index in [2.05, 4.69) is 11.1 Å². The van der Waals surface area contributed by atoms with Crippen LogP contribution >= 0.6 is 0 Å². The molecule has 29 heavy (non-hydrogen) atoms. The normalized spacial score (nSPS) is 17.8. The number of benzene rings is 2. The first-order valence-electron chi connectivity index (χ1n) is 9.42. The zero-order valence-electron chi connectivity index (χ0n) is 16.6. The molecule has 2 heterocycles. The van der Waals surface area contributed by atoms with Crippen molar-refractivity contribution in [1.82, 2.24) is 4.98 Å². The Hall–Kier alpha value is -3.14. The van der Waals surface area contributed by atoms with Crippen molar-refractivity contribution in [1.29, 1.82) is 5.26 Å². The van der Waals surface area contributed by atoms with Crippen LogP contribution in [0, 0.1) is 11.3 Å². The van der Waals surface area contributed by atoms with Crippen LogP contribution in [0.4, 0.5) is 0 Å². The first-order chi connectivity index (χ1) is 14.0. The summed E-state index contributed by atoms with van der Waals surface area (Å²) in [5.74, 6) is 0.475. The predicted molar refractivity (Wildman–Crippen MR) is 109 cm³/mol. The molecule has 4 rings (SSSR count). The highest BCUT2D eigenvalue weighted by molar-refractivity contribution is 6.01. The summed E-state index contributed by atoms with van der Waals surface area (Å²) in [4.78, 5) is 4.53. The minimum Gasteiger partial charge on any atom is -0.497 e. The Bertz CT molecular complexity index is 1070. The zero-order chi connectivity index (χ0) is 20.4. The van der Waals surface area contributed by atoms with Crippen LogP contribution in [0.3, 0.4) is 0 Å². The highest BCUT2D eigenvalue weighted by Gasteiger charge is 2.33. The van der Waals surface area contributed by atoms with E-state index in [9.17, 15) is 5.26 Å². The SMILES string of the molecule is COc1ccc2c(OC[C@@H]3COC(C)(C)O3)nc(C#N)c(-c3ccccc3)c2c1. The van der Waals surface area contributed by atoms with Crippen molar-refractivity contribution in [2.24, 2.45) is 0 Å². The van der Waals surface area contributed by atoms with Crippen LogP contribution in [-0.2, 0) is 9.47 Å². The highest BCUT2D eigenvalue weighted by atomic mass is 16.7. The van der Waals surface area contributed by atoms with Crippen LogP contribution in [0.5, 0.6) is 11.6 Å². The van der Waals surface area contributed by atoms with Gasteiger partial charge in [0.2, 0.25) is 5.88 Å². The zero-order valence-corrected chi connectivity index (χ0v) is 16.6. The van der Waals surface area contributed by atoms with Crippen molar-refractivity contribution in [3.05, 3.63) is 54.2 Å². The highest BCUT2D eigenvalue weighted by Crippen LogP contribution is 2.37. The van der Waals surface area contributed by atoms with Gasteiger partial charge in [0, 0.05) is 16.3 Å². The molecule has 6 nitrogen and oxygen atoms in total. The molecule has 1 aromatic heterocycles. The summed E-state index contributed by atoms with van der Waals surface area (Å²) in [7, 11) is 1.62. The average molecular weight is 390 g/mol. The minimum atomic E-state index is -0.619. The molecule has 0 N–H and O–H groups in total. The summed E-state index contributed by atoms with van der Waals surface area (Å²) in [6.45, 7) is 4.48. The first-order valence-corrected chi connectivity index (χ1v) is 9.42. The van der Waals surface area contributed by atoms with E-state index in [0.29, 0.717) is 23.9 Å². The average Bonchev–Trinajstić information content (AvgIpc) is 3.10. The van der Waals surface area contributed by atoms with Crippen LogP contribution < -0.4 is 9.47 Å². The van der Waals surface area contributed by atoms with E-state index in [1.807, 2.05) is 62.4 Å². The molecular formula is C23H22N2O4. The van der Waals surface area contributed by atoms with Gasteiger partial charge in [-0.3, -0.25) is 0 Å². The van der Waals surface area contributed by atoms with Gasteiger partial charge in [-0.05, 0) is 37.6 Å². The molecule has 6 heteroatoms. The Morgan fingerprint density at radius 3 is 2.62 bits per heavy atom. The van der Waals surface area contributed by atoms with Crippen molar-refractivity contribution >= 4 is 10.8 Å². The van der Waals surface area contributed by atoms with E-state index >= 15 is 0 Å². The summed E-state index contributed by atoms with van der Waals surface area (Å²) in [5, 5.41) is 11.4. The molecule has 0 spiro atoms. The van der Waals surface area contributed by atoms with E-state index in [-0.39, 0.29) is 12.7 Å². The van der Waals surface area contributed by atoms with Crippen molar-refractivity contribution in [3.63, 3.8) is 0 Å². The summed E-state index contributed by atoms with van der Waals surface area (Å²) in [6.07, 6.45) is -0.195. The van der Waals surface area contributed by atoms with Gasteiger partial charge in [-0.15, -0.1) is 0 Å². The number of nitriles is 1. The lowest BCUT2D eigenvalue weighted by atomic mass is 9.97. The van der Waals surface area contributed by atoms with Crippen LogP contribution in [0.15, 0.2) is 48.5 Å². The fourth-order valence-corrected chi connectivity index (χ4v) is 3.49. The fraction of sp³-hybridized carbons (Fsp3) is 0.304. The summed E-state index contributed by atoms with van der Waals surface area (Å²) in [5.41, 5.74) is 1.97. The molecule has 0 unspecified atom stereocenters. The third-order valence-electron chi connectivity index (χ3n) is 4.82. The number of pyridine rings is 1. The number of aromatic nitrogens is 1. The van der Waals surface area contributed by atoms with Crippen LogP contribution in [0.1, 0.15) is 19.5 Å². The Balaban J connectivity index is 1.79. The standard InChI is InChI=1S/C23H22N2O4/c1-23(2)28-14-17(29-23)13-27-22-18-10-9-16(26-3)11-19(18)21(20(12-24)25-22)15-7-5-4-6-8-15/h4-11,17H,13-14H2,1-3H3/t17-/m1/s1. The van der Waals surface area contributed by atoms with E-state index in [1.54, 1.807) is 7.11 Å². The Kier molecular flexibility index (Phi) is 5.10. The molecule has 1 aliphatic rings. The Morgan fingerprint density at radius 2 is 1.97 bits per heavy atom. The number of hydrogen-bond acceptors (Lipinski definition) is 6. The van der Waals surface area contributed by atoms with Gasteiger partial charge in [0.15, 0.2) is 11.5 Å². The number of methoxy groups -OCH3 is 1. The lowest BCUT2D eigenvalue weighted by Crippen LogP contribution is -2.25. The molecule has 0 aliphatic carbocycles. The minimum absolute atomic E-state index is 0.195. The number of rotatable bonds is 5. The first kappa shape index (κ1) is 19.2. The number of hydrogen-bond donors (Lipinski definition) is 0. The van der Waals surface area contributed by atoms with E-state index < -0.39 is 5.79 Å². The van der Waals surface area contributed by atoms with Crippen LogP contribution in [0.2, 0.25) is 0 Å². The number of nitrogens with zero attached hydrogens (tertiary/aromatic N) is 2. The molecule has 0 amide bonds. The second-order valence-corrected chi connectivity index (χ2v) is 7.29. The van der Waals surface area contributed by atoms with Gasteiger partial charge in [0.05, 0.1) is 13.7 Å². The van der Waals surface area contributed by atoms with Gasteiger partial charge < -0.3 is 18.9 Å². The second kappa shape index (κ2) is 7.70. The van der Waals surface area contributed by atoms with E-state index in [4.69, 9.17) is 18.9 Å². The van der Waals surface area contributed by atoms with Crippen molar-refractivity contribution in [2.45, 2.75) is 25.7 Å². The molecule has 3 aromatic rings. The molecule has 1 saturated heterocycles. The topological polar surface area (TPSA) is 73.6 Å². The molecule has 2 aromatic carbocycles. The maximum atomic E-state index is 9.79. The summed E-state index contributed by atoms with van der Waals surface area (Å²) in [6, 6.07) is 17.6. The van der Waals surface area contributed by atoms with Gasteiger partial charge >= 0.3 is 0 Å². The quantitative estimate of drug-likeness (QED) is 0.646. The maximum Gasteiger partial charge on any atom is 0.222 e. The van der Waals surface area contributed by atoms with Crippen molar-refractivity contribution < 1.29 is 18.9 Å². The third-order valence-corrected chi connectivity index (χ3v) is 4.82. The predicted octanol–water partition coefficient (Wildman–Crippen LogP) is 4.31.